The van der Waals surface area contributed by atoms with Crippen LogP contribution in [0, 0.1) is 0 Å². The topological polar surface area (TPSA) is 56.7 Å². The third-order valence-corrected chi connectivity index (χ3v) is 13.9. The smallest absolute Gasteiger partial charge is 0.164 e. The fourth-order valence-corrected chi connectivity index (χ4v) is 11.0. The van der Waals surface area contributed by atoms with Crippen LogP contribution in [0.25, 0.3) is 136 Å². The summed E-state index contributed by atoms with van der Waals surface area (Å²) >= 11 is 1.79. The number of thiophene rings is 1. The molecule has 0 radical (unpaired) electrons. The van der Waals surface area contributed by atoms with Gasteiger partial charge < -0.3 is 8.98 Å². The molecule has 0 saturated heterocycles. The molecule has 0 saturated carbocycles. The summed E-state index contributed by atoms with van der Waals surface area (Å²) in [4.78, 5) is 15.4. The summed E-state index contributed by atoms with van der Waals surface area (Å²) in [5.41, 5.74) is 7.87. The van der Waals surface area contributed by atoms with E-state index in [1.54, 1.807) is 11.3 Å². The molecular formula is C57H32N4OS. The van der Waals surface area contributed by atoms with Crippen LogP contribution in [0.5, 0.6) is 0 Å². The van der Waals surface area contributed by atoms with Gasteiger partial charge >= 0.3 is 0 Å². The number of benzene rings is 10. The monoisotopic (exact) mass is 820 g/mol. The van der Waals surface area contributed by atoms with Gasteiger partial charge in [-0.15, -0.1) is 11.3 Å². The molecule has 0 amide bonds. The van der Waals surface area contributed by atoms with Crippen molar-refractivity contribution in [1.82, 2.24) is 19.5 Å². The molecule has 0 unspecified atom stereocenters. The highest BCUT2D eigenvalue weighted by Gasteiger charge is 2.22. The minimum absolute atomic E-state index is 0.605. The van der Waals surface area contributed by atoms with Crippen molar-refractivity contribution >= 4 is 108 Å². The minimum Gasteiger partial charge on any atom is -0.455 e. The Balaban J connectivity index is 1.01. The summed E-state index contributed by atoms with van der Waals surface area (Å²) in [6.07, 6.45) is 0. The first kappa shape index (κ1) is 34.5. The lowest BCUT2D eigenvalue weighted by molar-refractivity contribution is 0.672. The zero-order valence-electron chi connectivity index (χ0n) is 33.6. The Labute approximate surface area is 363 Å². The van der Waals surface area contributed by atoms with E-state index in [1.165, 1.54) is 52.5 Å². The summed E-state index contributed by atoms with van der Waals surface area (Å²) in [6.45, 7) is 0. The number of furan rings is 1. The van der Waals surface area contributed by atoms with Gasteiger partial charge in [0.25, 0.3) is 0 Å². The molecule has 0 N–H and O–H groups in total. The summed E-state index contributed by atoms with van der Waals surface area (Å²) in [5, 5.41) is 14.1. The van der Waals surface area contributed by atoms with E-state index in [9.17, 15) is 0 Å². The summed E-state index contributed by atoms with van der Waals surface area (Å²) in [7, 11) is 0. The Hall–Kier alpha value is -8.19. The summed E-state index contributed by atoms with van der Waals surface area (Å²) in [5.74, 6) is 1.87. The highest BCUT2D eigenvalue weighted by molar-refractivity contribution is 7.25. The molecule has 10 aromatic carbocycles. The maximum atomic E-state index is 6.81. The van der Waals surface area contributed by atoms with Gasteiger partial charge in [-0.05, 0) is 76.1 Å². The van der Waals surface area contributed by atoms with Gasteiger partial charge in [0, 0.05) is 69.2 Å². The van der Waals surface area contributed by atoms with Gasteiger partial charge in [0.05, 0.1) is 16.7 Å². The Morgan fingerprint density at radius 2 is 1.00 bits per heavy atom. The van der Waals surface area contributed by atoms with Crippen LogP contribution in [0.15, 0.2) is 199 Å². The number of rotatable bonds is 4. The molecule has 0 bridgehead atoms. The molecule has 14 aromatic rings. The zero-order chi connectivity index (χ0) is 41.2. The van der Waals surface area contributed by atoms with Gasteiger partial charge in [-0.1, -0.05) is 140 Å². The fraction of sp³-hybridized carbons (Fsp3) is 0. The molecule has 4 heterocycles. The fourth-order valence-electron chi connectivity index (χ4n) is 9.85. The Morgan fingerprint density at radius 3 is 1.83 bits per heavy atom. The molecule has 6 heteroatoms. The van der Waals surface area contributed by atoms with Gasteiger partial charge in [0.15, 0.2) is 17.5 Å². The Kier molecular flexibility index (Phi) is 7.21. The lowest BCUT2D eigenvalue weighted by atomic mass is 10.0. The molecule has 292 valence electrons. The first-order chi connectivity index (χ1) is 31.2. The highest BCUT2D eigenvalue weighted by atomic mass is 32.1. The van der Waals surface area contributed by atoms with Crippen LogP contribution in [0.1, 0.15) is 0 Å². The maximum absolute atomic E-state index is 6.81. The van der Waals surface area contributed by atoms with Gasteiger partial charge in [-0.2, -0.15) is 0 Å². The van der Waals surface area contributed by atoms with Crippen LogP contribution >= 0.6 is 11.3 Å². The second kappa shape index (κ2) is 13.2. The average Bonchev–Trinajstić information content (AvgIpc) is 4.02. The van der Waals surface area contributed by atoms with Crippen molar-refractivity contribution in [1.29, 1.82) is 0 Å². The number of hydrogen-bond acceptors (Lipinski definition) is 5. The highest BCUT2D eigenvalue weighted by Crippen LogP contribution is 2.44. The number of nitrogens with zero attached hydrogens (tertiary/aromatic N) is 4. The zero-order valence-corrected chi connectivity index (χ0v) is 34.4. The molecular weight excluding hydrogens is 789 g/mol. The van der Waals surface area contributed by atoms with Crippen molar-refractivity contribution in [2.24, 2.45) is 0 Å². The molecule has 5 nitrogen and oxygen atoms in total. The molecule has 14 rings (SSSR count). The first-order valence-corrected chi connectivity index (χ1v) is 22.0. The van der Waals surface area contributed by atoms with Crippen molar-refractivity contribution in [2.45, 2.75) is 0 Å². The lowest BCUT2D eigenvalue weighted by Crippen LogP contribution is -2.00. The SMILES string of the molecule is c1ccc(-c2nc(-c3ccc4c(c3)sc3ccccc34)nc(-c3ccc4oc5c6ccccc6c(-n6c7cc8ccccc8cc7c7c8ccccc8ccc76)cc5c4c3)n2)cc1. The van der Waals surface area contributed by atoms with Crippen molar-refractivity contribution in [3.63, 3.8) is 0 Å². The Bertz CT molecular complexity index is 4220. The number of hydrogen-bond donors (Lipinski definition) is 0. The van der Waals surface area contributed by atoms with E-state index >= 15 is 0 Å². The second-order valence-corrected chi connectivity index (χ2v) is 17.4. The van der Waals surface area contributed by atoms with E-state index in [-0.39, 0.29) is 0 Å². The third-order valence-electron chi connectivity index (χ3n) is 12.8. The molecule has 4 aromatic heterocycles. The van der Waals surface area contributed by atoms with Crippen LogP contribution in [-0.4, -0.2) is 19.5 Å². The van der Waals surface area contributed by atoms with E-state index in [1.807, 2.05) is 18.2 Å². The minimum atomic E-state index is 0.605. The largest absolute Gasteiger partial charge is 0.455 e. The number of aromatic nitrogens is 4. The van der Waals surface area contributed by atoms with E-state index in [0.717, 1.165) is 66.1 Å². The van der Waals surface area contributed by atoms with Crippen molar-refractivity contribution < 1.29 is 4.42 Å². The van der Waals surface area contributed by atoms with Gasteiger partial charge in [-0.3, -0.25) is 0 Å². The molecule has 0 aliphatic carbocycles. The Morgan fingerprint density at radius 1 is 0.365 bits per heavy atom. The van der Waals surface area contributed by atoms with Gasteiger partial charge in [0.1, 0.15) is 11.2 Å². The predicted molar refractivity (Wildman–Crippen MR) is 263 cm³/mol. The number of fused-ring (bicyclic) bond motifs is 14. The standard InChI is InChI=1S/C57H32N4OS/c1-2-13-34(14-3-1)55-58-56(60-57(59-55)38-22-25-42-41-19-10-11-21-51(41)63-52(42)31-38)37-24-27-50-44(29-37)45-32-49(40-18-8-9-20-43(40)54(45)62-50)61-47-26-23-33-12-6-7-17-39(33)53(47)46-28-35-15-4-5-16-36(35)30-48(46)61/h1-32H. The van der Waals surface area contributed by atoms with Crippen LogP contribution in [0.3, 0.4) is 0 Å². The van der Waals surface area contributed by atoms with Crippen LogP contribution < -0.4 is 0 Å². The van der Waals surface area contributed by atoms with E-state index in [0.29, 0.717) is 17.5 Å². The molecule has 63 heavy (non-hydrogen) atoms. The van der Waals surface area contributed by atoms with Crippen LogP contribution in [0.2, 0.25) is 0 Å². The van der Waals surface area contributed by atoms with Crippen molar-refractivity contribution in [2.75, 3.05) is 0 Å². The quantitative estimate of drug-likeness (QED) is 0.177. The van der Waals surface area contributed by atoms with Gasteiger partial charge in [-0.25, -0.2) is 15.0 Å². The van der Waals surface area contributed by atoms with Crippen LogP contribution in [-0.2, 0) is 0 Å². The molecule has 0 aliphatic heterocycles. The summed E-state index contributed by atoms with van der Waals surface area (Å²) < 4.78 is 11.7. The maximum Gasteiger partial charge on any atom is 0.164 e. The van der Waals surface area contributed by atoms with E-state index in [4.69, 9.17) is 19.4 Å². The van der Waals surface area contributed by atoms with Crippen LogP contribution in [0.4, 0.5) is 0 Å². The summed E-state index contributed by atoms with van der Waals surface area (Å²) in [6, 6.07) is 69.2. The first-order valence-electron chi connectivity index (χ1n) is 21.2. The molecule has 0 spiro atoms. The van der Waals surface area contributed by atoms with Gasteiger partial charge in [0.2, 0.25) is 0 Å². The predicted octanol–water partition coefficient (Wildman–Crippen LogP) is 15.7. The molecule has 0 aliphatic rings. The van der Waals surface area contributed by atoms with E-state index in [2.05, 4.69) is 180 Å². The third kappa shape index (κ3) is 5.19. The lowest BCUT2D eigenvalue weighted by Gasteiger charge is -2.13. The molecule has 0 atom stereocenters. The van der Waals surface area contributed by atoms with Crippen molar-refractivity contribution in [3.05, 3.63) is 194 Å². The molecule has 0 fully saturated rings. The second-order valence-electron chi connectivity index (χ2n) is 16.3. The van der Waals surface area contributed by atoms with E-state index < -0.39 is 0 Å². The normalized spacial score (nSPS) is 12.1. The van der Waals surface area contributed by atoms with Crippen molar-refractivity contribution in [3.8, 4) is 39.9 Å². The average molecular weight is 821 g/mol.